The van der Waals surface area contributed by atoms with E-state index in [0.717, 1.165) is 5.70 Å². The highest BCUT2D eigenvalue weighted by atomic mass is 32.2. The number of sulfonamides is 1. The number of carbonyl (C=O) groups is 4. The molecule has 1 aliphatic heterocycles. The van der Waals surface area contributed by atoms with Gasteiger partial charge in [-0.15, -0.1) is 6.58 Å². The van der Waals surface area contributed by atoms with Crippen molar-refractivity contribution < 1.29 is 37.4 Å². The molecule has 4 amide bonds. The molecule has 0 spiro atoms. The topological polar surface area (TPSA) is 174 Å². The molecule has 13 nitrogen and oxygen atoms in total. The summed E-state index contributed by atoms with van der Waals surface area (Å²) in [5, 5.41) is 16.3. The van der Waals surface area contributed by atoms with Crippen LogP contribution in [0.25, 0.3) is 0 Å². The van der Waals surface area contributed by atoms with E-state index < -0.39 is 80.3 Å². The third-order valence-electron chi connectivity index (χ3n) is 8.35. The maximum absolute atomic E-state index is 13.8. The summed E-state index contributed by atoms with van der Waals surface area (Å²) in [6.45, 7) is 8.06. The van der Waals surface area contributed by atoms with Crippen molar-refractivity contribution in [1.29, 1.82) is 0 Å². The number of likely N-dealkylation sites (tertiary alicyclic amines) is 1. The first kappa shape index (κ1) is 32.5. The summed E-state index contributed by atoms with van der Waals surface area (Å²) >= 11 is 0. The Morgan fingerprint density at radius 1 is 1.21 bits per heavy atom. The second-order valence-corrected chi connectivity index (χ2v) is 15.1. The minimum absolute atomic E-state index is 0.135. The molecule has 4 rings (SSSR count). The maximum Gasteiger partial charge on any atom is 0.408 e. The molecular formula is C29H43N5O8S. The highest BCUT2D eigenvalue weighted by molar-refractivity contribution is 7.91. The summed E-state index contributed by atoms with van der Waals surface area (Å²) in [4.78, 5) is 55.8. The molecule has 0 radical (unpaired) electrons. The minimum atomic E-state index is -3.87. The van der Waals surface area contributed by atoms with Crippen LogP contribution in [0.3, 0.4) is 0 Å². The van der Waals surface area contributed by atoms with E-state index in [9.17, 15) is 32.7 Å². The Hall–Kier alpha value is -3.39. The molecule has 4 N–H and O–H groups in total. The fourth-order valence-corrected chi connectivity index (χ4v) is 6.99. The largest absolute Gasteiger partial charge is 0.444 e. The number of β-amino-alcohol motifs (C(OH)–C–C–N with tert-alkyl or cyclic N) is 1. The van der Waals surface area contributed by atoms with Crippen molar-refractivity contribution in [1.82, 2.24) is 25.2 Å². The quantitative estimate of drug-likeness (QED) is 0.254. The van der Waals surface area contributed by atoms with Gasteiger partial charge < -0.3 is 30.3 Å². The van der Waals surface area contributed by atoms with Gasteiger partial charge in [0, 0.05) is 38.0 Å². The number of rotatable bonds is 10. The number of nitrogens with zero attached hydrogens (tertiary/aromatic N) is 2. The summed E-state index contributed by atoms with van der Waals surface area (Å²) in [5.74, 6) is -3.14. The number of carbonyl (C=O) groups excluding carboxylic acids is 4. The van der Waals surface area contributed by atoms with Gasteiger partial charge in [-0.3, -0.25) is 19.1 Å². The number of nitrogens with one attached hydrogen (secondary N) is 3. The van der Waals surface area contributed by atoms with Gasteiger partial charge in [-0.1, -0.05) is 18.2 Å². The molecule has 5 atom stereocenters. The summed E-state index contributed by atoms with van der Waals surface area (Å²) < 4.78 is 32.3. The van der Waals surface area contributed by atoms with Gasteiger partial charge >= 0.3 is 6.09 Å². The number of hydrogen-bond acceptors (Lipinski definition) is 9. The van der Waals surface area contributed by atoms with Crippen molar-refractivity contribution >= 4 is 33.8 Å². The predicted octanol–water partition coefficient (Wildman–Crippen LogP) is 0.534. The second-order valence-electron chi connectivity index (χ2n) is 13.1. The van der Waals surface area contributed by atoms with Gasteiger partial charge in [-0.05, 0) is 52.5 Å². The predicted molar refractivity (Wildman–Crippen MR) is 158 cm³/mol. The average Bonchev–Trinajstić information content (AvgIpc) is 3.83. The molecule has 2 saturated carbocycles. The van der Waals surface area contributed by atoms with Crippen LogP contribution < -0.4 is 15.4 Å². The van der Waals surface area contributed by atoms with E-state index in [1.807, 2.05) is 37.2 Å². The first-order valence-corrected chi connectivity index (χ1v) is 16.0. The molecule has 0 bridgehead atoms. The average molecular weight is 622 g/mol. The van der Waals surface area contributed by atoms with Gasteiger partial charge in [0.1, 0.15) is 23.7 Å². The number of aliphatic hydroxyl groups is 1. The van der Waals surface area contributed by atoms with Crippen LogP contribution in [-0.2, 0) is 29.1 Å². The lowest BCUT2D eigenvalue weighted by atomic mass is 9.80. The maximum atomic E-state index is 13.8. The number of allylic oxidation sites excluding steroid dienone is 3. The zero-order chi connectivity index (χ0) is 32.0. The molecular weight excluding hydrogens is 578 g/mol. The Morgan fingerprint density at radius 2 is 1.88 bits per heavy atom. The summed E-state index contributed by atoms with van der Waals surface area (Å²) in [6.07, 6.45) is 7.64. The van der Waals surface area contributed by atoms with E-state index >= 15 is 0 Å². The standard InChI is InChI=1S/C29H43N5O8S/c1-7-18-14-29(18,25(37)32-43(40,41)21-11-12-21)31-24(36)22-15-28(39,19-9-8-10-20(13-19)33(5)6)17-34(22)23(35)16-30-26(38)42-27(2,3)4/h7-10,18-19,21-22,39H,1,11-17H2,2-6H3,(H,30,38)(H,31,36)(H,32,37)/t18-,19?,22+,28+,29-/m1/s1. The minimum Gasteiger partial charge on any atom is -0.444 e. The number of ether oxygens (including phenoxy) is 1. The number of hydrogen-bond donors (Lipinski definition) is 4. The normalized spacial score (nSPS) is 30.1. The third kappa shape index (κ3) is 7.23. The molecule has 3 fully saturated rings. The lowest BCUT2D eigenvalue weighted by molar-refractivity contribution is -0.139. The van der Waals surface area contributed by atoms with Crippen LogP contribution in [0.15, 0.2) is 36.6 Å². The summed E-state index contributed by atoms with van der Waals surface area (Å²) in [7, 11) is -0.105. The Balaban J connectivity index is 1.55. The van der Waals surface area contributed by atoms with E-state index in [1.165, 1.54) is 11.0 Å². The van der Waals surface area contributed by atoms with Crippen LogP contribution in [0.2, 0.25) is 0 Å². The van der Waals surface area contributed by atoms with Gasteiger partial charge in [-0.25, -0.2) is 13.2 Å². The monoisotopic (exact) mass is 621 g/mol. The molecule has 1 unspecified atom stereocenters. The van der Waals surface area contributed by atoms with Gasteiger partial charge in [-0.2, -0.15) is 0 Å². The molecule has 0 aromatic heterocycles. The fraction of sp³-hybridized carbons (Fsp3) is 0.655. The number of amides is 4. The molecule has 3 aliphatic carbocycles. The van der Waals surface area contributed by atoms with Crippen LogP contribution in [0.4, 0.5) is 4.79 Å². The zero-order valence-electron chi connectivity index (χ0n) is 25.4. The Kier molecular flexibility index (Phi) is 8.77. The molecule has 4 aliphatic rings. The van der Waals surface area contributed by atoms with E-state index in [0.29, 0.717) is 19.3 Å². The number of alkyl carbamates (subject to hydrolysis) is 1. The fourth-order valence-electron chi connectivity index (χ4n) is 5.63. The molecule has 0 aromatic carbocycles. The molecule has 43 heavy (non-hydrogen) atoms. The van der Waals surface area contributed by atoms with Gasteiger partial charge in [0.05, 0.1) is 17.4 Å². The highest BCUT2D eigenvalue weighted by Crippen LogP contribution is 2.46. The molecule has 0 aromatic rings. The SMILES string of the molecule is C=C[C@@H]1C[C@]1(NC(=O)[C@@H]1C[C@@](O)(C2C=CC=C(N(C)C)C2)CN1C(=O)CNC(=O)OC(C)(C)C)C(=O)NS(=O)(=O)C1CC1. The van der Waals surface area contributed by atoms with Gasteiger partial charge in [0.25, 0.3) is 5.91 Å². The van der Waals surface area contributed by atoms with Crippen molar-refractivity contribution in [2.45, 2.75) is 80.9 Å². The van der Waals surface area contributed by atoms with E-state index in [4.69, 9.17) is 4.74 Å². The van der Waals surface area contributed by atoms with Crippen LogP contribution in [0, 0.1) is 11.8 Å². The van der Waals surface area contributed by atoms with Crippen molar-refractivity contribution in [2.24, 2.45) is 11.8 Å². The zero-order valence-corrected chi connectivity index (χ0v) is 26.2. The lowest BCUT2D eigenvalue weighted by Gasteiger charge is -2.34. The lowest BCUT2D eigenvalue weighted by Crippen LogP contribution is -2.57. The Labute approximate surface area is 252 Å². The van der Waals surface area contributed by atoms with Crippen molar-refractivity contribution in [3.63, 3.8) is 0 Å². The molecule has 1 saturated heterocycles. The summed E-state index contributed by atoms with van der Waals surface area (Å²) in [5.41, 5.74) is -2.88. The highest BCUT2D eigenvalue weighted by Gasteiger charge is 2.62. The molecule has 238 valence electrons. The summed E-state index contributed by atoms with van der Waals surface area (Å²) in [6, 6.07) is -1.20. The van der Waals surface area contributed by atoms with Crippen LogP contribution >= 0.6 is 0 Å². The van der Waals surface area contributed by atoms with Crippen LogP contribution in [0.1, 0.15) is 52.9 Å². The Morgan fingerprint density at radius 3 is 2.44 bits per heavy atom. The first-order valence-electron chi connectivity index (χ1n) is 14.4. The van der Waals surface area contributed by atoms with E-state index in [-0.39, 0.29) is 19.4 Å². The van der Waals surface area contributed by atoms with E-state index in [1.54, 1.807) is 20.8 Å². The van der Waals surface area contributed by atoms with Crippen LogP contribution in [-0.4, -0.2) is 102 Å². The van der Waals surface area contributed by atoms with Crippen molar-refractivity contribution in [3.05, 3.63) is 36.6 Å². The van der Waals surface area contributed by atoms with Crippen LogP contribution in [0.5, 0.6) is 0 Å². The van der Waals surface area contributed by atoms with Crippen molar-refractivity contribution in [3.8, 4) is 0 Å². The third-order valence-corrected chi connectivity index (χ3v) is 10.2. The van der Waals surface area contributed by atoms with Crippen molar-refractivity contribution in [2.75, 3.05) is 27.2 Å². The van der Waals surface area contributed by atoms with E-state index in [2.05, 4.69) is 21.9 Å². The molecule has 1 heterocycles. The smallest absolute Gasteiger partial charge is 0.408 e. The Bertz CT molecular complexity index is 1350. The first-order chi connectivity index (χ1) is 19.9. The second kappa shape index (κ2) is 11.6. The molecule has 14 heteroatoms. The van der Waals surface area contributed by atoms with Gasteiger partial charge in [0.2, 0.25) is 21.8 Å². The van der Waals surface area contributed by atoms with Gasteiger partial charge in [0.15, 0.2) is 0 Å².